The van der Waals surface area contributed by atoms with Crippen molar-refractivity contribution >= 4 is 40.9 Å². The molecular weight excluding hydrogens is 536 g/mol. The molecule has 4 aliphatic rings. The molecule has 2 amide bonds. The van der Waals surface area contributed by atoms with Gasteiger partial charge in [0.1, 0.15) is 18.9 Å². The van der Waals surface area contributed by atoms with E-state index in [2.05, 4.69) is 18.0 Å². The number of amides is 2. The van der Waals surface area contributed by atoms with Crippen molar-refractivity contribution in [3.8, 4) is 5.75 Å². The van der Waals surface area contributed by atoms with Crippen molar-refractivity contribution in [3.63, 3.8) is 0 Å². The zero-order valence-corrected chi connectivity index (χ0v) is 22.7. The Labute approximate surface area is 232 Å². The first kappa shape index (κ1) is 24.7. The molecule has 3 heterocycles. The number of nitrogens with zero attached hydrogens (tertiary/aromatic N) is 1. The molecule has 2 N–H and O–H groups in total. The molecule has 6 unspecified atom stereocenters. The minimum Gasteiger partial charge on any atom is -0.489 e. The maximum atomic E-state index is 13.3. The Bertz CT molecular complexity index is 1560. The Morgan fingerprint density at radius 3 is 2.49 bits per heavy atom. The molecule has 200 valence electrons. The molecule has 8 nitrogen and oxygen atoms in total. The Morgan fingerprint density at radius 1 is 1.05 bits per heavy atom. The average Bonchev–Trinajstić information content (AvgIpc) is 3.64. The van der Waals surface area contributed by atoms with Crippen LogP contribution < -0.4 is 9.61 Å². The van der Waals surface area contributed by atoms with Crippen molar-refractivity contribution in [3.05, 3.63) is 79.8 Å². The van der Waals surface area contributed by atoms with Crippen molar-refractivity contribution in [1.82, 2.24) is 9.88 Å². The van der Waals surface area contributed by atoms with Gasteiger partial charge < -0.3 is 14.8 Å². The van der Waals surface area contributed by atoms with E-state index in [1.165, 1.54) is 16.9 Å². The van der Waals surface area contributed by atoms with Crippen molar-refractivity contribution in [2.24, 2.45) is 29.6 Å². The molecule has 1 aromatic heterocycles. The quantitative estimate of drug-likeness (QED) is 0.438. The van der Waals surface area contributed by atoms with Crippen molar-refractivity contribution in [1.29, 1.82) is 0 Å². The van der Waals surface area contributed by atoms with Crippen molar-refractivity contribution in [2.75, 3.05) is 6.54 Å². The SMILES string of the molecule is Cc1ccccc1COc1ccc([C@H]2c3sc(=O)[nH]c3SC3C4CC(C5C(=O)N(CC(=O)O)C(=O)C45)C32)cc1. The van der Waals surface area contributed by atoms with Gasteiger partial charge in [-0.15, -0.1) is 11.8 Å². The van der Waals surface area contributed by atoms with Gasteiger partial charge in [-0.05, 0) is 59.9 Å². The fourth-order valence-electron chi connectivity index (χ4n) is 7.45. The van der Waals surface area contributed by atoms with Crippen LogP contribution in [0.15, 0.2) is 58.4 Å². The number of aromatic amines is 1. The number of rotatable bonds is 6. The third-order valence-corrected chi connectivity index (χ3v) is 11.6. The fraction of sp³-hybridized carbons (Fsp3) is 0.379. The third-order valence-electron chi connectivity index (χ3n) is 9.00. The van der Waals surface area contributed by atoms with Crippen LogP contribution in [0.2, 0.25) is 0 Å². The topological polar surface area (TPSA) is 117 Å². The predicted molar refractivity (Wildman–Crippen MR) is 145 cm³/mol. The Balaban J connectivity index is 1.20. The number of imide groups is 1. The summed E-state index contributed by atoms with van der Waals surface area (Å²) in [4.78, 5) is 55.1. The number of fused-ring (bicyclic) bond motifs is 9. The number of thioether (sulfide) groups is 1. The van der Waals surface area contributed by atoms with E-state index in [0.29, 0.717) is 6.61 Å². The summed E-state index contributed by atoms with van der Waals surface area (Å²) in [5.74, 6) is -2.18. The van der Waals surface area contributed by atoms with Crippen LogP contribution >= 0.6 is 23.1 Å². The normalized spacial score (nSPS) is 30.3. The van der Waals surface area contributed by atoms with E-state index in [1.54, 1.807) is 11.8 Å². The van der Waals surface area contributed by atoms with Gasteiger partial charge in [0.2, 0.25) is 11.8 Å². The fourth-order valence-corrected chi connectivity index (χ4v) is 10.3. The number of thiazole rings is 1. The van der Waals surface area contributed by atoms with E-state index in [1.807, 2.05) is 42.5 Å². The van der Waals surface area contributed by atoms with Crippen molar-refractivity contribution in [2.45, 2.75) is 36.1 Å². The van der Waals surface area contributed by atoms with Gasteiger partial charge in [0, 0.05) is 16.0 Å². The van der Waals surface area contributed by atoms with Gasteiger partial charge in [-0.25, -0.2) is 0 Å². The summed E-state index contributed by atoms with van der Waals surface area (Å²) in [7, 11) is 0. The van der Waals surface area contributed by atoms with Gasteiger partial charge in [-0.2, -0.15) is 0 Å². The van der Waals surface area contributed by atoms with E-state index >= 15 is 0 Å². The van der Waals surface area contributed by atoms with Crippen LogP contribution in [0.25, 0.3) is 0 Å². The standard InChI is InChI=1S/C29H26N2O6S2/c1-13-4-2-3-5-15(13)12-37-16-8-6-14(7-9-16)20-21-17-10-18(24(21)38-26-25(20)39-29(36)30-26)23-22(17)27(34)31(28(23)35)11-19(32)33/h2-9,17-18,20-24H,10-12H2,1H3,(H,30,36)(H,32,33)/t17?,18?,20-,21?,22?,23?,24?/m1/s1. The number of hydrogen-bond acceptors (Lipinski definition) is 7. The molecule has 0 spiro atoms. The highest BCUT2D eigenvalue weighted by atomic mass is 32.2. The van der Waals surface area contributed by atoms with Crippen LogP contribution in [0.4, 0.5) is 0 Å². The third kappa shape index (κ3) is 3.79. The lowest BCUT2D eigenvalue weighted by Crippen LogP contribution is -2.42. The first-order chi connectivity index (χ1) is 18.8. The second-order valence-corrected chi connectivity index (χ2v) is 13.1. The molecule has 1 saturated heterocycles. The lowest BCUT2D eigenvalue weighted by atomic mass is 9.68. The van der Waals surface area contributed by atoms with Crippen LogP contribution in [0.1, 0.15) is 33.9 Å². The van der Waals surface area contributed by atoms with Crippen LogP contribution in [0, 0.1) is 36.5 Å². The number of hydrogen-bond donors (Lipinski definition) is 2. The van der Waals surface area contributed by atoms with Crippen LogP contribution in [-0.4, -0.2) is 44.6 Å². The van der Waals surface area contributed by atoms with Gasteiger partial charge in [0.05, 0.1) is 16.9 Å². The molecule has 2 bridgehead atoms. The van der Waals surface area contributed by atoms with E-state index in [4.69, 9.17) is 4.74 Å². The number of aryl methyl sites for hydroxylation is 1. The van der Waals surface area contributed by atoms with Gasteiger partial charge in [-0.1, -0.05) is 47.7 Å². The molecule has 7 atom stereocenters. The summed E-state index contributed by atoms with van der Waals surface area (Å²) in [6, 6.07) is 16.1. The minimum absolute atomic E-state index is 0.0268. The second-order valence-electron chi connectivity index (χ2n) is 10.9. The smallest absolute Gasteiger partial charge is 0.323 e. The number of benzene rings is 2. The minimum atomic E-state index is -1.18. The molecule has 2 saturated carbocycles. The number of H-pyrrole nitrogens is 1. The molecule has 10 heteroatoms. The van der Waals surface area contributed by atoms with E-state index in [-0.39, 0.29) is 45.6 Å². The number of aromatic nitrogens is 1. The zero-order valence-electron chi connectivity index (χ0n) is 21.0. The highest BCUT2D eigenvalue weighted by Gasteiger charge is 2.69. The Morgan fingerprint density at radius 2 is 1.77 bits per heavy atom. The molecule has 2 aliphatic heterocycles. The molecule has 3 aromatic rings. The van der Waals surface area contributed by atoms with Gasteiger partial charge in [-0.3, -0.25) is 24.1 Å². The summed E-state index contributed by atoms with van der Waals surface area (Å²) in [5, 5.41) is 10.2. The van der Waals surface area contributed by atoms with Gasteiger partial charge >= 0.3 is 10.8 Å². The Kier molecular flexibility index (Phi) is 5.75. The summed E-state index contributed by atoms with van der Waals surface area (Å²) >= 11 is 2.83. The second kappa shape index (κ2) is 9.09. The molecular formula is C29H26N2O6S2. The number of ether oxygens (including phenoxy) is 1. The summed E-state index contributed by atoms with van der Waals surface area (Å²) < 4.78 is 6.06. The average molecular weight is 563 g/mol. The number of aliphatic carboxylic acids is 1. The number of carboxylic acid groups (broad SMARTS) is 1. The maximum Gasteiger partial charge on any atom is 0.323 e. The predicted octanol–water partition coefficient (Wildman–Crippen LogP) is 3.88. The summed E-state index contributed by atoms with van der Waals surface area (Å²) in [6.07, 6.45) is 0.767. The molecule has 0 radical (unpaired) electrons. The lowest BCUT2D eigenvalue weighted by Gasteiger charge is -2.43. The first-order valence-electron chi connectivity index (χ1n) is 13.1. The monoisotopic (exact) mass is 562 g/mol. The summed E-state index contributed by atoms with van der Waals surface area (Å²) in [6.45, 7) is 1.94. The van der Waals surface area contributed by atoms with Gasteiger partial charge in [0.15, 0.2) is 0 Å². The first-order valence-corrected chi connectivity index (χ1v) is 14.8. The molecule has 3 fully saturated rings. The van der Waals surface area contributed by atoms with E-state index in [9.17, 15) is 24.3 Å². The highest BCUT2D eigenvalue weighted by Crippen LogP contribution is 2.68. The van der Waals surface area contributed by atoms with Gasteiger partial charge in [0.25, 0.3) is 0 Å². The number of carbonyl (C=O) groups is 3. The number of likely N-dealkylation sites (tertiary alicyclic amines) is 1. The number of carboxylic acids is 1. The maximum absolute atomic E-state index is 13.3. The van der Waals surface area contributed by atoms with Crippen molar-refractivity contribution < 1.29 is 24.2 Å². The summed E-state index contributed by atoms with van der Waals surface area (Å²) in [5.41, 5.74) is 3.35. The molecule has 39 heavy (non-hydrogen) atoms. The van der Waals surface area contributed by atoms with E-state index in [0.717, 1.165) is 38.1 Å². The molecule has 7 rings (SSSR count). The van der Waals surface area contributed by atoms with Crippen LogP contribution in [0.5, 0.6) is 5.75 Å². The van der Waals surface area contributed by atoms with Crippen LogP contribution in [0.3, 0.4) is 0 Å². The largest absolute Gasteiger partial charge is 0.489 e. The highest BCUT2D eigenvalue weighted by molar-refractivity contribution is 8.00. The molecule has 2 aliphatic carbocycles. The zero-order chi connectivity index (χ0) is 27.0. The lowest BCUT2D eigenvalue weighted by molar-refractivity contribution is -0.149. The van der Waals surface area contributed by atoms with Crippen LogP contribution in [-0.2, 0) is 21.0 Å². The molecule has 2 aromatic carbocycles. The van der Waals surface area contributed by atoms with E-state index < -0.39 is 24.3 Å². The number of carbonyl (C=O) groups excluding carboxylic acids is 2. The Hall–Kier alpha value is -3.37. The number of nitrogens with one attached hydrogen (secondary N) is 1.